The zero-order chi connectivity index (χ0) is 10.8. The minimum Gasteiger partial charge on any atom is -0.394 e. The molecule has 14 heavy (non-hydrogen) atoms. The van der Waals surface area contributed by atoms with Crippen LogP contribution in [-0.4, -0.2) is 17.3 Å². The number of rotatable bonds is 3. The van der Waals surface area contributed by atoms with E-state index in [1.807, 2.05) is 6.07 Å². The quantitative estimate of drug-likeness (QED) is 0.769. The van der Waals surface area contributed by atoms with Crippen LogP contribution in [-0.2, 0) is 6.42 Å². The first kappa shape index (κ1) is 11.1. The van der Waals surface area contributed by atoms with Gasteiger partial charge in [-0.05, 0) is 37.5 Å². The van der Waals surface area contributed by atoms with Crippen LogP contribution in [0, 0.1) is 12.7 Å². The van der Waals surface area contributed by atoms with Crippen molar-refractivity contribution in [2.45, 2.75) is 25.8 Å². The van der Waals surface area contributed by atoms with Crippen LogP contribution >= 0.6 is 0 Å². The first-order chi connectivity index (χ1) is 6.44. The zero-order valence-corrected chi connectivity index (χ0v) is 8.55. The van der Waals surface area contributed by atoms with Crippen molar-refractivity contribution in [2.24, 2.45) is 5.73 Å². The van der Waals surface area contributed by atoms with Gasteiger partial charge in [0.2, 0.25) is 0 Å². The molecule has 0 heterocycles. The minimum atomic E-state index is -0.679. The highest BCUT2D eigenvalue weighted by Gasteiger charge is 2.17. The summed E-state index contributed by atoms with van der Waals surface area (Å²) in [4.78, 5) is 0. The molecule has 1 unspecified atom stereocenters. The van der Waals surface area contributed by atoms with Crippen molar-refractivity contribution in [1.29, 1.82) is 0 Å². The number of halogens is 1. The van der Waals surface area contributed by atoms with Gasteiger partial charge in [-0.25, -0.2) is 4.39 Å². The molecule has 0 bridgehead atoms. The summed E-state index contributed by atoms with van der Waals surface area (Å²) in [6.45, 7) is 3.35. The fraction of sp³-hybridized carbons (Fsp3) is 0.455. The van der Waals surface area contributed by atoms with Gasteiger partial charge in [-0.2, -0.15) is 0 Å². The Morgan fingerprint density at radius 1 is 1.50 bits per heavy atom. The fourth-order valence-electron chi connectivity index (χ4n) is 1.27. The standard InChI is InChI=1S/C11H16FNO/c1-8-3-4-9(5-10(8)12)6-11(2,13)7-14/h3-5,14H,6-7,13H2,1-2H3. The maximum Gasteiger partial charge on any atom is 0.126 e. The predicted octanol–water partition coefficient (Wildman–Crippen LogP) is 1.39. The molecule has 1 atom stereocenters. The monoisotopic (exact) mass is 197 g/mol. The Labute approximate surface area is 83.6 Å². The van der Waals surface area contributed by atoms with Crippen LogP contribution < -0.4 is 5.73 Å². The van der Waals surface area contributed by atoms with Crippen LogP contribution in [0.4, 0.5) is 4.39 Å². The summed E-state index contributed by atoms with van der Waals surface area (Å²) < 4.78 is 13.2. The second-order valence-electron chi connectivity index (χ2n) is 4.07. The number of aliphatic hydroxyl groups excluding tert-OH is 1. The Morgan fingerprint density at radius 3 is 2.64 bits per heavy atom. The number of hydrogen-bond acceptors (Lipinski definition) is 2. The average molecular weight is 197 g/mol. The van der Waals surface area contributed by atoms with E-state index in [4.69, 9.17) is 10.8 Å². The second-order valence-corrected chi connectivity index (χ2v) is 4.07. The highest BCUT2D eigenvalue weighted by atomic mass is 19.1. The normalized spacial score (nSPS) is 15.2. The molecule has 0 fully saturated rings. The van der Waals surface area contributed by atoms with Crippen LogP contribution in [0.15, 0.2) is 18.2 Å². The molecule has 0 aliphatic rings. The van der Waals surface area contributed by atoms with Gasteiger partial charge in [-0.15, -0.1) is 0 Å². The zero-order valence-electron chi connectivity index (χ0n) is 8.55. The molecule has 0 aliphatic heterocycles. The lowest BCUT2D eigenvalue weighted by Gasteiger charge is -2.21. The van der Waals surface area contributed by atoms with E-state index in [0.717, 1.165) is 5.56 Å². The Bertz CT molecular complexity index is 323. The van der Waals surface area contributed by atoms with Gasteiger partial charge in [0.1, 0.15) is 5.82 Å². The van der Waals surface area contributed by atoms with Crippen molar-refractivity contribution in [1.82, 2.24) is 0 Å². The van der Waals surface area contributed by atoms with Crippen molar-refractivity contribution in [2.75, 3.05) is 6.61 Å². The van der Waals surface area contributed by atoms with Crippen molar-refractivity contribution in [3.8, 4) is 0 Å². The number of aryl methyl sites for hydroxylation is 1. The molecular weight excluding hydrogens is 181 g/mol. The summed E-state index contributed by atoms with van der Waals surface area (Å²) in [5.74, 6) is -0.226. The third-order valence-corrected chi connectivity index (χ3v) is 2.21. The lowest BCUT2D eigenvalue weighted by Crippen LogP contribution is -2.42. The Kier molecular flexibility index (Phi) is 3.24. The van der Waals surface area contributed by atoms with Crippen LogP contribution in [0.25, 0.3) is 0 Å². The summed E-state index contributed by atoms with van der Waals surface area (Å²) >= 11 is 0. The molecule has 0 aromatic heterocycles. The fourth-order valence-corrected chi connectivity index (χ4v) is 1.27. The maximum absolute atomic E-state index is 13.2. The molecule has 1 rings (SSSR count). The summed E-state index contributed by atoms with van der Waals surface area (Å²) in [7, 11) is 0. The Hall–Kier alpha value is -0.930. The molecular formula is C11H16FNO. The first-order valence-corrected chi connectivity index (χ1v) is 4.59. The molecule has 0 saturated heterocycles. The SMILES string of the molecule is Cc1ccc(CC(C)(N)CO)cc1F. The predicted molar refractivity (Wildman–Crippen MR) is 54.5 cm³/mol. The topological polar surface area (TPSA) is 46.2 Å². The molecule has 1 aromatic carbocycles. The van der Waals surface area contributed by atoms with Gasteiger partial charge in [0.25, 0.3) is 0 Å². The van der Waals surface area contributed by atoms with E-state index in [1.165, 1.54) is 6.07 Å². The molecule has 2 nitrogen and oxygen atoms in total. The maximum atomic E-state index is 13.2. The van der Waals surface area contributed by atoms with E-state index in [-0.39, 0.29) is 12.4 Å². The van der Waals surface area contributed by atoms with Gasteiger partial charge in [-0.3, -0.25) is 0 Å². The van der Waals surface area contributed by atoms with E-state index < -0.39 is 5.54 Å². The van der Waals surface area contributed by atoms with Gasteiger partial charge in [0, 0.05) is 5.54 Å². The van der Waals surface area contributed by atoms with Crippen molar-refractivity contribution in [3.63, 3.8) is 0 Å². The van der Waals surface area contributed by atoms with Gasteiger partial charge in [0.15, 0.2) is 0 Å². The van der Waals surface area contributed by atoms with Gasteiger partial charge in [0.05, 0.1) is 6.61 Å². The van der Waals surface area contributed by atoms with Gasteiger partial charge in [-0.1, -0.05) is 12.1 Å². The van der Waals surface area contributed by atoms with Crippen LogP contribution in [0.5, 0.6) is 0 Å². The van der Waals surface area contributed by atoms with E-state index in [2.05, 4.69) is 0 Å². The lowest BCUT2D eigenvalue weighted by atomic mass is 9.94. The largest absolute Gasteiger partial charge is 0.394 e. The summed E-state index contributed by atoms with van der Waals surface area (Å²) in [5.41, 5.74) is 6.52. The molecule has 0 radical (unpaired) electrons. The first-order valence-electron chi connectivity index (χ1n) is 4.59. The number of nitrogens with two attached hydrogens (primary N) is 1. The molecule has 0 saturated carbocycles. The Morgan fingerprint density at radius 2 is 2.14 bits per heavy atom. The van der Waals surface area contributed by atoms with Crippen LogP contribution in [0.1, 0.15) is 18.1 Å². The summed E-state index contributed by atoms with van der Waals surface area (Å²) in [5, 5.41) is 8.96. The number of aliphatic hydroxyl groups is 1. The van der Waals surface area contributed by atoms with Gasteiger partial charge >= 0.3 is 0 Å². The third-order valence-electron chi connectivity index (χ3n) is 2.21. The van der Waals surface area contributed by atoms with Crippen molar-refractivity contribution >= 4 is 0 Å². The second kappa shape index (κ2) is 4.07. The minimum absolute atomic E-state index is 0.109. The van der Waals surface area contributed by atoms with E-state index in [0.29, 0.717) is 12.0 Å². The molecule has 0 spiro atoms. The Balaban J connectivity index is 2.83. The van der Waals surface area contributed by atoms with Crippen LogP contribution in [0.3, 0.4) is 0 Å². The van der Waals surface area contributed by atoms with Crippen LogP contribution in [0.2, 0.25) is 0 Å². The number of benzene rings is 1. The third kappa shape index (κ3) is 2.79. The smallest absolute Gasteiger partial charge is 0.126 e. The van der Waals surface area contributed by atoms with E-state index in [1.54, 1.807) is 19.9 Å². The molecule has 3 N–H and O–H groups in total. The highest BCUT2D eigenvalue weighted by molar-refractivity contribution is 5.24. The molecule has 0 amide bonds. The lowest BCUT2D eigenvalue weighted by molar-refractivity contribution is 0.208. The number of hydrogen-bond donors (Lipinski definition) is 2. The molecule has 1 aromatic rings. The van der Waals surface area contributed by atoms with E-state index in [9.17, 15) is 4.39 Å². The van der Waals surface area contributed by atoms with E-state index >= 15 is 0 Å². The van der Waals surface area contributed by atoms with Gasteiger partial charge < -0.3 is 10.8 Å². The summed E-state index contributed by atoms with van der Waals surface area (Å²) in [6.07, 6.45) is 0.473. The average Bonchev–Trinajstić information content (AvgIpc) is 2.11. The van der Waals surface area contributed by atoms with Crippen molar-refractivity contribution in [3.05, 3.63) is 35.1 Å². The molecule has 0 aliphatic carbocycles. The molecule has 3 heteroatoms. The highest BCUT2D eigenvalue weighted by Crippen LogP contribution is 2.14. The summed E-state index contributed by atoms with van der Waals surface area (Å²) in [6, 6.07) is 5.02. The molecule has 78 valence electrons. The van der Waals surface area contributed by atoms with Crippen molar-refractivity contribution < 1.29 is 9.50 Å².